The molecule has 0 saturated heterocycles. The van der Waals surface area contributed by atoms with E-state index in [1.54, 1.807) is 12.1 Å². The maximum Gasteiger partial charge on any atom is 0.305 e. The first-order valence-corrected chi connectivity index (χ1v) is 6.40. The minimum absolute atomic E-state index is 0.0432. The Morgan fingerprint density at radius 1 is 1.10 bits per heavy atom. The van der Waals surface area contributed by atoms with Crippen LogP contribution in [0.2, 0.25) is 0 Å². The highest BCUT2D eigenvalue weighted by Crippen LogP contribution is 2.18. The fourth-order valence-corrected chi connectivity index (χ4v) is 2.01. The number of hydrogen-bond acceptors (Lipinski definition) is 2. The second kappa shape index (κ2) is 6.82. The zero-order valence-corrected chi connectivity index (χ0v) is 10.9. The van der Waals surface area contributed by atoms with Crippen LogP contribution in [0.25, 0.3) is 0 Å². The van der Waals surface area contributed by atoms with Gasteiger partial charge in [0.25, 0.3) is 0 Å². The van der Waals surface area contributed by atoms with Gasteiger partial charge in [-0.25, -0.2) is 4.39 Å². The summed E-state index contributed by atoms with van der Waals surface area (Å²) in [4.78, 5) is 10.9. The van der Waals surface area contributed by atoms with Crippen molar-refractivity contribution in [2.45, 2.75) is 19.0 Å². The Morgan fingerprint density at radius 3 is 2.35 bits per heavy atom. The van der Waals surface area contributed by atoms with Gasteiger partial charge in [0.15, 0.2) is 0 Å². The van der Waals surface area contributed by atoms with E-state index in [0.29, 0.717) is 6.54 Å². The fourth-order valence-electron chi connectivity index (χ4n) is 2.01. The third-order valence-corrected chi connectivity index (χ3v) is 3.05. The van der Waals surface area contributed by atoms with Crippen LogP contribution in [-0.4, -0.2) is 11.1 Å². The molecule has 1 atom stereocenters. The molecule has 0 bridgehead atoms. The number of hydrogen-bond donors (Lipinski definition) is 2. The highest BCUT2D eigenvalue weighted by molar-refractivity contribution is 5.67. The first-order chi connectivity index (χ1) is 9.65. The molecule has 0 amide bonds. The van der Waals surface area contributed by atoms with E-state index in [2.05, 4.69) is 5.32 Å². The summed E-state index contributed by atoms with van der Waals surface area (Å²) >= 11 is 0. The predicted octanol–water partition coefficient (Wildman–Crippen LogP) is 3.13. The molecule has 2 rings (SSSR count). The largest absolute Gasteiger partial charge is 0.481 e. The maximum atomic E-state index is 12.9. The van der Waals surface area contributed by atoms with Gasteiger partial charge in [-0.2, -0.15) is 0 Å². The van der Waals surface area contributed by atoms with E-state index in [-0.39, 0.29) is 18.3 Å². The molecule has 2 aromatic rings. The van der Waals surface area contributed by atoms with E-state index < -0.39 is 5.97 Å². The van der Waals surface area contributed by atoms with E-state index in [1.165, 1.54) is 12.1 Å². The highest BCUT2D eigenvalue weighted by Gasteiger charge is 2.15. The Hall–Kier alpha value is -2.20. The zero-order chi connectivity index (χ0) is 14.4. The van der Waals surface area contributed by atoms with Crippen LogP contribution in [0.15, 0.2) is 54.6 Å². The summed E-state index contributed by atoms with van der Waals surface area (Å²) in [6.45, 7) is 0.566. The third kappa shape index (κ3) is 4.17. The van der Waals surface area contributed by atoms with Crippen molar-refractivity contribution in [1.82, 2.24) is 5.32 Å². The average molecular weight is 273 g/mol. The Kier molecular flexibility index (Phi) is 4.85. The van der Waals surface area contributed by atoms with Crippen molar-refractivity contribution in [1.29, 1.82) is 0 Å². The van der Waals surface area contributed by atoms with Crippen LogP contribution in [0.5, 0.6) is 0 Å². The number of halogens is 1. The number of carboxylic acids is 1. The molecule has 0 aliphatic heterocycles. The molecule has 0 heterocycles. The fraction of sp³-hybridized carbons (Fsp3) is 0.188. The smallest absolute Gasteiger partial charge is 0.305 e. The molecule has 0 radical (unpaired) electrons. The van der Waals surface area contributed by atoms with Crippen molar-refractivity contribution < 1.29 is 14.3 Å². The highest BCUT2D eigenvalue weighted by atomic mass is 19.1. The van der Waals surface area contributed by atoms with E-state index >= 15 is 0 Å². The molecule has 3 nitrogen and oxygen atoms in total. The third-order valence-electron chi connectivity index (χ3n) is 3.05. The molecule has 0 aromatic heterocycles. The Balaban J connectivity index is 2.07. The van der Waals surface area contributed by atoms with Crippen LogP contribution < -0.4 is 5.32 Å². The molecule has 2 N–H and O–H groups in total. The molecule has 20 heavy (non-hydrogen) atoms. The quantitative estimate of drug-likeness (QED) is 0.850. The standard InChI is InChI=1S/C16H16FNO2/c17-14-8-6-13(7-9-14)15(10-16(19)20)18-11-12-4-2-1-3-5-12/h1-9,15,18H,10-11H2,(H,19,20)/t15-/m0/s1. The maximum absolute atomic E-state index is 12.9. The Labute approximate surface area is 117 Å². The average Bonchev–Trinajstić information content (AvgIpc) is 2.45. The Morgan fingerprint density at radius 2 is 1.75 bits per heavy atom. The lowest BCUT2D eigenvalue weighted by molar-refractivity contribution is -0.137. The van der Waals surface area contributed by atoms with Crippen LogP contribution in [-0.2, 0) is 11.3 Å². The van der Waals surface area contributed by atoms with Gasteiger partial charge in [-0.1, -0.05) is 42.5 Å². The van der Waals surface area contributed by atoms with Crippen LogP contribution in [0.1, 0.15) is 23.6 Å². The molecule has 0 saturated carbocycles. The molecular weight excluding hydrogens is 257 g/mol. The number of rotatable bonds is 6. The van der Waals surface area contributed by atoms with Crippen molar-refractivity contribution in [3.63, 3.8) is 0 Å². The second-order valence-electron chi connectivity index (χ2n) is 4.57. The van der Waals surface area contributed by atoms with Crippen LogP contribution in [0, 0.1) is 5.82 Å². The van der Waals surface area contributed by atoms with E-state index in [9.17, 15) is 9.18 Å². The molecule has 0 spiro atoms. The lowest BCUT2D eigenvalue weighted by atomic mass is 10.0. The van der Waals surface area contributed by atoms with Gasteiger partial charge in [-0.3, -0.25) is 4.79 Å². The van der Waals surface area contributed by atoms with Crippen molar-refractivity contribution in [2.75, 3.05) is 0 Å². The minimum atomic E-state index is -0.889. The van der Waals surface area contributed by atoms with Gasteiger partial charge in [0.05, 0.1) is 6.42 Å². The summed E-state index contributed by atoms with van der Waals surface area (Å²) in [6.07, 6.45) is -0.0432. The van der Waals surface area contributed by atoms with Gasteiger partial charge < -0.3 is 10.4 Å². The predicted molar refractivity (Wildman–Crippen MR) is 74.7 cm³/mol. The molecule has 2 aromatic carbocycles. The summed E-state index contributed by atoms with van der Waals surface area (Å²) in [5.41, 5.74) is 1.84. The number of aliphatic carboxylic acids is 1. The molecule has 0 aliphatic carbocycles. The summed E-state index contributed by atoms with van der Waals surface area (Å²) in [5, 5.41) is 12.2. The lowest BCUT2D eigenvalue weighted by Crippen LogP contribution is -2.23. The normalized spacial score (nSPS) is 12.1. The zero-order valence-electron chi connectivity index (χ0n) is 10.9. The summed E-state index contributed by atoms with van der Waals surface area (Å²) in [7, 11) is 0. The number of nitrogens with one attached hydrogen (secondary N) is 1. The summed E-state index contributed by atoms with van der Waals surface area (Å²) in [5.74, 6) is -1.22. The lowest BCUT2D eigenvalue weighted by Gasteiger charge is -2.17. The van der Waals surface area contributed by atoms with Crippen molar-refractivity contribution >= 4 is 5.97 Å². The van der Waals surface area contributed by atoms with E-state index in [4.69, 9.17) is 5.11 Å². The SMILES string of the molecule is O=C(O)C[C@H](NCc1ccccc1)c1ccc(F)cc1. The summed E-state index contributed by atoms with van der Waals surface area (Å²) < 4.78 is 12.9. The molecule has 0 aliphatic rings. The van der Waals surface area contributed by atoms with Gasteiger partial charge in [-0.05, 0) is 23.3 Å². The van der Waals surface area contributed by atoms with Gasteiger partial charge in [0.1, 0.15) is 5.82 Å². The number of carbonyl (C=O) groups is 1. The van der Waals surface area contributed by atoms with E-state index in [1.807, 2.05) is 30.3 Å². The van der Waals surface area contributed by atoms with Crippen molar-refractivity contribution in [2.24, 2.45) is 0 Å². The van der Waals surface area contributed by atoms with Gasteiger partial charge in [-0.15, -0.1) is 0 Å². The molecule has 4 heteroatoms. The van der Waals surface area contributed by atoms with E-state index in [0.717, 1.165) is 11.1 Å². The molecular formula is C16H16FNO2. The number of carboxylic acid groups (broad SMARTS) is 1. The number of benzene rings is 2. The van der Waals surface area contributed by atoms with Crippen molar-refractivity contribution in [3.05, 3.63) is 71.5 Å². The van der Waals surface area contributed by atoms with Crippen LogP contribution >= 0.6 is 0 Å². The van der Waals surface area contributed by atoms with Crippen LogP contribution in [0.4, 0.5) is 4.39 Å². The van der Waals surface area contributed by atoms with Crippen molar-refractivity contribution in [3.8, 4) is 0 Å². The summed E-state index contributed by atoms with van der Waals surface area (Å²) in [6, 6.07) is 15.3. The second-order valence-corrected chi connectivity index (χ2v) is 4.57. The minimum Gasteiger partial charge on any atom is -0.481 e. The van der Waals surface area contributed by atoms with Gasteiger partial charge in [0.2, 0.25) is 0 Å². The van der Waals surface area contributed by atoms with Gasteiger partial charge in [0, 0.05) is 12.6 Å². The first kappa shape index (κ1) is 14.2. The first-order valence-electron chi connectivity index (χ1n) is 6.40. The molecule has 0 unspecified atom stereocenters. The van der Waals surface area contributed by atoms with Crippen LogP contribution in [0.3, 0.4) is 0 Å². The topological polar surface area (TPSA) is 49.3 Å². The van der Waals surface area contributed by atoms with Gasteiger partial charge >= 0.3 is 5.97 Å². The molecule has 0 fully saturated rings. The Bertz CT molecular complexity index is 554. The molecule has 104 valence electrons. The monoisotopic (exact) mass is 273 g/mol.